The van der Waals surface area contributed by atoms with Gasteiger partial charge in [0.15, 0.2) is 11.2 Å². The monoisotopic (exact) mass is 396 g/mol. The van der Waals surface area contributed by atoms with Crippen LogP contribution < -0.4 is 21.9 Å². The van der Waals surface area contributed by atoms with Gasteiger partial charge in [-0.25, -0.2) is 9.36 Å². The van der Waals surface area contributed by atoms with Crippen molar-refractivity contribution in [2.45, 2.75) is 26.4 Å². The van der Waals surface area contributed by atoms with Crippen LogP contribution in [0.3, 0.4) is 0 Å². The molecule has 2 N–H and O–H groups in total. The van der Waals surface area contributed by atoms with Crippen molar-refractivity contribution in [2.24, 2.45) is 18.7 Å². The quantitative estimate of drug-likeness (QED) is 0.657. The molecule has 0 saturated heterocycles. The number of anilines is 1. The fourth-order valence-electron chi connectivity index (χ4n) is 4.00. The average Bonchev–Trinajstić information content (AvgIpc) is 3.08. The summed E-state index contributed by atoms with van der Waals surface area (Å²) in [5, 5.41) is 0. The summed E-state index contributed by atoms with van der Waals surface area (Å²) in [5.74, 6) is 0.245. The number of nitrogens with two attached hydrogens (primary N) is 1. The molecule has 4 rings (SSSR count). The molecule has 1 aliphatic rings. The van der Waals surface area contributed by atoms with Gasteiger partial charge >= 0.3 is 5.69 Å². The van der Waals surface area contributed by atoms with Crippen LogP contribution in [0.1, 0.15) is 12.5 Å². The van der Waals surface area contributed by atoms with E-state index >= 15 is 0 Å². The van der Waals surface area contributed by atoms with Crippen molar-refractivity contribution in [3.05, 3.63) is 56.7 Å². The number of amides is 1. The van der Waals surface area contributed by atoms with Crippen LogP contribution >= 0.6 is 0 Å². The first kappa shape index (κ1) is 19.0. The molecule has 9 nitrogen and oxygen atoms in total. The number of imidazole rings is 1. The summed E-state index contributed by atoms with van der Waals surface area (Å²) in [5.41, 5.74) is 5.99. The lowest BCUT2D eigenvalue weighted by molar-refractivity contribution is -0.118. The van der Waals surface area contributed by atoms with Gasteiger partial charge in [-0.2, -0.15) is 4.98 Å². The van der Waals surface area contributed by atoms with Crippen molar-refractivity contribution < 1.29 is 4.79 Å². The third-order valence-electron chi connectivity index (χ3n) is 5.35. The summed E-state index contributed by atoms with van der Waals surface area (Å²) in [6, 6.07) is 10.2. The second kappa shape index (κ2) is 7.23. The molecule has 0 spiro atoms. The van der Waals surface area contributed by atoms with Gasteiger partial charge < -0.3 is 15.2 Å². The molecule has 0 aliphatic carbocycles. The van der Waals surface area contributed by atoms with Crippen molar-refractivity contribution in [3.8, 4) is 0 Å². The molecule has 0 saturated carbocycles. The maximum atomic E-state index is 13.0. The largest absolute Gasteiger partial charge is 0.368 e. The Morgan fingerprint density at radius 2 is 1.93 bits per heavy atom. The van der Waals surface area contributed by atoms with E-state index in [0.717, 1.165) is 24.1 Å². The minimum absolute atomic E-state index is 0.303. The Kier molecular flexibility index (Phi) is 4.73. The topological polar surface area (TPSA) is 108 Å². The molecule has 1 unspecified atom stereocenters. The molecule has 1 aliphatic heterocycles. The van der Waals surface area contributed by atoms with Crippen molar-refractivity contribution in [2.75, 3.05) is 18.0 Å². The predicted octanol–water partition coefficient (Wildman–Crippen LogP) is 0.0808. The Bertz CT molecular complexity index is 1190. The highest BCUT2D eigenvalue weighted by Gasteiger charge is 2.29. The van der Waals surface area contributed by atoms with Crippen molar-refractivity contribution in [3.63, 3.8) is 0 Å². The Morgan fingerprint density at radius 1 is 1.21 bits per heavy atom. The van der Waals surface area contributed by atoms with E-state index in [-0.39, 0.29) is 0 Å². The van der Waals surface area contributed by atoms with Gasteiger partial charge in [-0.1, -0.05) is 37.3 Å². The number of hydrogen-bond acceptors (Lipinski definition) is 5. The van der Waals surface area contributed by atoms with E-state index in [9.17, 15) is 14.4 Å². The second-order valence-corrected chi connectivity index (χ2v) is 7.68. The number of rotatable bonds is 5. The number of hydrogen-bond donors (Lipinski definition) is 1. The lowest BCUT2D eigenvalue weighted by Gasteiger charge is -2.33. The fourth-order valence-corrected chi connectivity index (χ4v) is 4.00. The molecule has 1 amide bonds. The first-order valence-electron chi connectivity index (χ1n) is 9.64. The number of carbonyl (C=O) groups excluding carboxylic acids is 1. The van der Waals surface area contributed by atoms with E-state index < -0.39 is 23.7 Å². The molecule has 9 heteroatoms. The van der Waals surface area contributed by atoms with Crippen molar-refractivity contribution >= 4 is 23.0 Å². The number of aromatic nitrogens is 4. The Hall–Kier alpha value is -3.36. The Balaban J connectivity index is 1.81. The average molecular weight is 396 g/mol. The molecule has 1 atom stereocenters. The molecule has 2 aromatic heterocycles. The number of aryl methyl sites for hydroxylation is 1. The Morgan fingerprint density at radius 3 is 2.62 bits per heavy atom. The standard InChI is InChI=1S/C20H24N6O3/c1-13-10-24(9-8-14-6-4-3-5-7-14)19-22-17-16(25(19)11-13)18(28)26(12-15(21)27)20(29)23(17)2/h3-7,13H,8-12H2,1-2H3,(H2,21,27). The summed E-state index contributed by atoms with van der Waals surface area (Å²) in [4.78, 5) is 43.7. The molecule has 3 heterocycles. The Labute approximate surface area is 167 Å². The van der Waals surface area contributed by atoms with Crippen molar-refractivity contribution in [1.82, 2.24) is 18.7 Å². The normalized spacial score (nSPS) is 16.2. The summed E-state index contributed by atoms with van der Waals surface area (Å²) in [6.07, 6.45) is 0.849. The first-order chi connectivity index (χ1) is 13.9. The molecule has 0 bridgehead atoms. The number of nitrogens with zero attached hydrogens (tertiary/aromatic N) is 5. The summed E-state index contributed by atoms with van der Waals surface area (Å²) in [7, 11) is 1.55. The molecule has 152 valence electrons. The third-order valence-corrected chi connectivity index (χ3v) is 5.35. The van der Waals surface area contributed by atoms with Gasteiger partial charge in [0, 0.05) is 26.7 Å². The molecular weight excluding hydrogens is 372 g/mol. The third kappa shape index (κ3) is 3.32. The van der Waals surface area contributed by atoms with E-state index in [1.807, 2.05) is 22.8 Å². The number of primary amides is 1. The molecule has 0 fully saturated rings. The van der Waals surface area contributed by atoms with Crippen LogP contribution in [0.4, 0.5) is 5.95 Å². The van der Waals surface area contributed by atoms with Gasteiger partial charge in [-0.15, -0.1) is 0 Å². The van der Waals surface area contributed by atoms with Crippen LogP contribution in [0.2, 0.25) is 0 Å². The van der Waals surface area contributed by atoms with Gasteiger partial charge in [0.1, 0.15) is 6.54 Å². The molecular formula is C20H24N6O3. The summed E-state index contributed by atoms with van der Waals surface area (Å²) in [6.45, 7) is 3.86. The summed E-state index contributed by atoms with van der Waals surface area (Å²) >= 11 is 0. The van der Waals surface area contributed by atoms with Crippen molar-refractivity contribution in [1.29, 1.82) is 0 Å². The van der Waals surface area contributed by atoms with Gasteiger partial charge in [0.2, 0.25) is 11.9 Å². The van der Waals surface area contributed by atoms with Gasteiger partial charge in [-0.05, 0) is 17.9 Å². The fraction of sp³-hybridized carbons (Fsp3) is 0.400. The zero-order valence-electron chi connectivity index (χ0n) is 16.5. The molecule has 3 aromatic rings. The molecule has 1 aromatic carbocycles. The van der Waals surface area contributed by atoms with Crippen LogP contribution in [0.25, 0.3) is 11.2 Å². The SMILES string of the molecule is CC1CN(CCc2ccccc2)c2nc3c(c(=O)n(CC(N)=O)c(=O)n3C)n2C1. The number of carbonyl (C=O) groups is 1. The lowest BCUT2D eigenvalue weighted by Crippen LogP contribution is -2.43. The van der Waals surface area contributed by atoms with Crippen LogP contribution in [-0.2, 0) is 31.4 Å². The van der Waals surface area contributed by atoms with Gasteiger partial charge in [0.05, 0.1) is 0 Å². The summed E-state index contributed by atoms with van der Waals surface area (Å²) < 4.78 is 4.06. The highest BCUT2D eigenvalue weighted by atomic mass is 16.2. The zero-order chi connectivity index (χ0) is 20.7. The van der Waals surface area contributed by atoms with E-state index in [0.29, 0.717) is 29.6 Å². The second-order valence-electron chi connectivity index (χ2n) is 7.68. The first-order valence-corrected chi connectivity index (χ1v) is 9.64. The lowest BCUT2D eigenvalue weighted by atomic mass is 10.1. The number of fused-ring (bicyclic) bond motifs is 3. The zero-order valence-corrected chi connectivity index (χ0v) is 16.5. The number of benzene rings is 1. The smallest absolute Gasteiger partial charge is 0.332 e. The maximum absolute atomic E-state index is 13.0. The predicted molar refractivity (Wildman–Crippen MR) is 110 cm³/mol. The van der Waals surface area contributed by atoms with Crippen LogP contribution in [0, 0.1) is 5.92 Å². The maximum Gasteiger partial charge on any atom is 0.332 e. The van der Waals surface area contributed by atoms with Gasteiger partial charge in [-0.3, -0.25) is 14.2 Å². The molecule has 0 radical (unpaired) electrons. The van der Waals surface area contributed by atoms with E-state index in [1.165, 1.54) is 10.1 Å². The van der Waals surface area contributed by atoms with Crippen LogP contribution in [0.5, 0.6) is 0 Å². The highest BCUT2D eigenvalue weighted by molar-refractivity contribution is 5.76. The minimum atomic E-state index is -0.736. The highest BCUT2D eigenvalue weighted by Crippen LogP contribution is 2.26. The minimum Gasteiger partial charge on any atom is -0.368 e. The molecule has 29 heavy (non-hydrogen) atoms. The van der Waals surface area contributed by atoms with E-state index in [1.54, 1.807) is 7.05 Å². The van der Waals surface area contributed by atoms with Crippen LogP contribution in [-0.4, -0.2) is 37.7 Å². The van der Waals surface area contributed by atoms with Gasteiger partial charge in [0.25, 0.3) is 5.56 Å². The van der Waals surface area contributed by atoms with E-state index in [2.05, 4.69) is 28.9 Å². The van der Waals surface area contributed by atoms with Crippen LogP contribution in [0.15, 0.2) is 39.9 Å². The van der Waals surface area contributed by atoms with E-state index in [4.69, 9.17) is 5.73 Å².